The fourth-order valence-electron chi connectivity index (χ4n) is 3.64. The van der Waals surface area contributed by atoms with Crippen molar-refractivity contribution < 1.29 is 9.90 Å². The summed E-state index contributed by atoms with van der Waals surface area (Å²) in [5.41, 5.74) is 3.59. The normalized spacial score (nSPS) is 16.5. The molecule has 3 aromatic rings. The van der Waals surface area contributed by atoms with Crippen LogP contribution < -0.4 is 10.5 Å². The molecule has 1 aliphatic heterocycles. The molecule has 1 atom stereocenters. The van der Waals surface area contributed by atoms with Crippen LogP contribution in [-0.4, -0.2) is 38.5 Å². The van der Waals surface area contributed by atoms with Gasteiger partial charge < -0.3 is 14.6 Å². The number of aliphatic carboxylic acids is 1. The summed E-state index contributed by atoms with van der Waals surface area (Å²) in [4.78, 5) is 25.6. The molecule has 1 aromatic carbocycles. The van der Waals surface area contributed by atoms with Gasteiger partial charge in [0.2, 0.25) is 0 Å². The Balaban J connectivity index is 1.67. The molecular formula is C21H22N4O3. The largest absolute Gasteiger partial charge is 0.481 e. The van der Waals surface area contributed by atoms with Crippen molar-refractivity contribution in [2.24, 2.45) is 13.0 Å². The van der Waals surface area contributed by atoms with Crippen LogP contribution in [0.3, 0.4) is 0 Å². The van der Waals surface area contributed by atoms with Crippen molar-refractivity contribution in [3.63, 3.8) is 0 Å². The van der Waals surface area contributed by atoms with Gasteiger partial charge in [-0.2, -0.15) is 5.10 Å². The molecular weight excluding hydrogens is 356 g/mol. The topological polar surface area (TPSA) is 80.4 Å². The lowest BCUT2D eigenvalue weighted by Gasteiger charge is -2.21. The summed E-state index contributed by atoms with van der Waals surface area (Å²) < 4.78 is 3.40. The minimum Gasteiger partial charge on any atom is -0.481 e. The van der Waals surface area contributed by atoms with E-state index in [1.807, 2.05) is 34.0 Å². The van der Waals surface area contributed by atoms with Gasteiger partial charge in [-0.05, 0) is 12.0 Å². The zero-order valence-electron chi connectivity index (χ0n) is 15.7. The van der Waals surface area contributed by atoms with Crippen molar-refractivity contribution >= 4 is 11.7 Å². The maximum Gasteiger partial charge on any atom is 0.308 e. The first-order valence-corrected chi connectivity index (χ1v) is 9.26. The lowest BCUT2D eigenvalue weighted by atomic mass is 10.1. The number of hydrogen-bond acceptors (Lipinski definition) is 4. The van der Waals surface area contributed by atoms with Crippen molar-refractivity contribution in [2.75, 3.05) is 18.0 Å². The van der Waals surface area contributed by atoms with E-state index in [2.05, 4.69) is 17.2 Å². The molecule has 0 saturated carbocycles. The summed E-state index contributed by atoms with van der Waals surface area (Å²) in [6, 6.07) is 11.7. The first-order valence-electron chi connectivity index (χ1n) is 9.26. The van der Waals surface area contributed by atoms with Crippen LogP contribution in [0.15, 0.2) is 59.8 Å². The van der Waals surface area contributed by atoms with Gasteiger partial charge in [0.05, 0.1) is 24.3 Å². The summed E-state index contributed by atoms with van der Waals surface area (Å²) >= 11 is 0. The number of pyridine rings is 1. The number of rotatable bonds is 5. The SMILES string of the molecule is Cn1cc(-c2cnn(Cc3ccccc3)c2)c(N2CC[C@H](C(=O)O)C2)cc1=O. The fourth-order valence-corrected chi connectivity index (χ4v) is 3.64. The lowest BCUT2D eigenvalue weighted by Crippen LogP contribution is -2.26. The second kappa shape index (κ2) is 7.34. The van der Waals surface area contributed by atoms with Crippen molar-refractivity contribution in [3.8, 4) is 11.1 Å². The van der Waals surface area contributed by atoms with Crippen LogP contribution in [-0.2, 0) is 18.4 Å². The highest BCUT2D eigenvalue weighted by molar-refractivity contribution is 5.79. The predicted molar refractivity (Wildman–Crippen MR) is 106 cm³/mol. The fraction of sp³-hybridized carbons (Fsp3) is 0.286. The number of nitrogens with zero attached hydrogens (tertiary/aromatic N) is 4. The molecule has 1 fully saturated rings. The van der Waals surface area contributed by atoms with Crippen LogP contribution in [0.4, 0.5) is 5.69 Å². The Morgan fingerprint density at radius 1 is 1.25 bits per heavy atom. The van der Waals surface area contributed by atoms with E-state index in [1.165, 1.54) is 4.57 Å². The summed E-state index contributed by atoms with van der Waals surface area (Å²) in [6.45, 7) is 1.69. The molecule has 4 rings (SSSR count). The standard InChI is InChI=1S/C21H22N4O3/c1-23-14-18(17-10-22-25(13-17)11-15-5-3-2-4-6-15)19(9-20(23)26)24-8-7-16(12-24)21(27)28/h2-6,9-10,13-14,16H,7-8,11-12H2,1H3,(H,27,28)/t16-/m0/s1. The van der Waals surface area contributed by atoms with Gasteiger partial charge in [0.15, 0.2) is 0 Å². The molecule has 0 unspecified atom stereocenters. The van der Waals surface area contributed by atoms with Crippen molar-refractivity contribution in [1.82, 2.24) is 14.3 Å². The number of hydrogen-bond donors (Lipinski definition) is 1. The average molecular weight is 378 g/mol. The van der Waals surface area contributed by atoms with Gasteiger partial charge in [-0.25, -0.2) is 0 Å². The highest BCUT2D eigenvalue weighted by atomic mass is 16.4. The molecule has 2 aromatic heterocycles. The first kappa shape index (κ1) is 18.0. The average Bonchev–Trinajstić information content (AvgIpc) is 3.34. The summed E-state index contributed by atoms with van der Waals surface area (Å²) in [6.07, 6.45) is 6.13. The van der Waals surface area contributed by atoms with E-state index in [0.717, 1.165) is 22.4 Å². The Morgan fingerprint density at radius 3 is 2.75 bits per heavy atom. The van der Waals surface area contributed by atoms with Gasteiger partial charge in [-0.3, -0.25) is 14.3 Å². The Hall–Kier alpha value is -3.35. The highest BCUT2D eigenvalue weighted by Crippen LogP contribution is 2.32. The molecule has 7 heteroatoms. The number of anilines is 1. The van der Waals surface area contributed by atoms with Crippen LogP contribution in [0, 0.1) is 5.92 Å². The van der Waals surface area contributed by atoms with Crippen LogP contribution >= 0.6 is 0 Å². The van der Waals surface area contributed by atoms with Gasteiger partial charge >= 0.3 is 5.97 Å². The van der Waals surface area contributed by atoms with Crippen LogP contribution in [0.2, 0.25) is 0 Å². The summed E-state index contributed by atoms with van der Waals surface area (Å²) in [5.74, 6) is -1.19. The van der Waals surface area contributed by atoms with Gasteiger partial charge in [0.25, 0.3) is 5.56 Å². The minimum atomic E-state index is -0.788. The van der Waals surface area contributed by atoms with Crippen molar-refractivity contribution in [3.05, 3.63) is 70.9 Å². The zero-order valence-corrected chi connectivity index (χ0v) is 15.7. The number of aryl methyl sites for hydroxylation is 1. The molecule has 1 aliphatic rings. The third-order valence-electron chi connectivity index (χ3n) is 5.22. The molecule has 0 amide bonds. The van der Waals surface area contributed by atoms with Gasteiger partial charge in [-0.1, -0.05) is 30.3 Å². The number of carboxylic acid groups (broad SMARTS) is 1. The molecule has 1 saturated heterocycles. The maximum absolute atomic E-state index is 12.2. The maximum atomic E-state index is 12.2. The monoisotopic (exact) mass is 378 g/mol. The zero-order chi connectivity index (χ0) is 19.7. The van der Waals surface area contributed by atoms with Gasteiger partial charge in [-0.15, -0.1) is 0 Å². The van der Waals surface area contributed by atoms with E-state index in [-0.39, 0.29) is 5.56 Å². The van der Waals surface area contributed by atoms with Crippen LogP contribution in [0.5, 0.6) is 0 Å². The van der Waals surface area contributed by atoms with Crippen molar-refractivity contribution in [1.29, 1.82) is 0 Å². The summed E-state index contributed by atoms with van der Waals surface area (Å²) in [7, 11) is 1.72. The quantitative estimate of drug-likeness (QED) is 0.736. The van der Waals surface area contributed by atoms with E-state index in [0.29, 0.717) is 26.1 Å². The molecule has 1 N–H and O–H groups in total. The molecule has 3 heterocycles. The van der Waals surface area contributed by atoms with Gasteiger partial charge in [0, 0.05) is 49.7 Å². The van der Waals surface area contributed by atoms with Crippen LogP contribution in [0.1, 0.15) is 12.0 Å². The van der Waals surface area contributed by atoms with Crippen LogP contribution in [0.25, 0.3) is 11.1 Å². The number of carboxylic acids is 1. The van der Waals surface area contributed by atoms with E-state index < -0.39 is 11.9 Å². The highest BCUT2D eigenvalue weighted by Gasteiger charge is 2.30. The molecule has 7 nitrogen and oxygen atoms in total. The van der Waals surface area contributed by atoms with E-state index in [1.54, 1.807) is 25.5 Å². The Kier molecular flexibility index (Phi) is 4.73. The molecule has 0 radical (unpaired) electrons. The Labute approximate surface area is 162 Å². The second-order valence-corrected chi connectivity index (χ2v) is 7.20. The molecule has 28 heavy (non-hydrogen) atoms. The number of benzene rings is 1. The Bertz CT molecular complexity index is 1060. The molecule has 0 spiro atoms. The molecule has 0 aliphatic carbocycles. The van der Waals surface area contributed by atoms with E-state index in [4.69, 9.17) is 0 Å². The number of aromatic nitrogens is 3. The summed E-state index contributed by atoms with van der Waals surface area (Å²) in [5, 5.41) is 13.8. The third-order valence-corrected chi connectivity index (χ3v) is 5.22. The predicted octanol–water partition coefficient (Wildman–Crippen LogP) is 2.21. The smallest absolute Gasteiger partial charge is 0.308 e. The minimum absolute atomic E-state index is 0.116. The first-order chi connectivity index (χ1) is 13.5. The lowest BCUT2D eigenvalue weighted by molar-refractivity contribution is -0.140. The Morgan fingerprint density at radius 2 is 2.04 bits per heavy atom. The van der Waals surface area contributed by atoms with E-state index >= 15 is 0 Å². The van der Waals surface area contributed by atoms with Crippen molar-refractivity contribution in [2.45, 2.75) is 13.0 Å². The molecule has 0 bridgehead atoms. The second-order valence-electron chi connectivity index (χ2n) is 7.20. The molecule has 144 valence electrons. The number of carbonyl (C=O) groups is 1. The third kappa shape index (κ3) is 3.55. The van der Waals surface area contributed by atoms with Gasteiger partial charge in [0.1, 0.15) is 0 Å². The van der Waals surface area contributed by atoms with E-state index in [9.17, 15) is 14.7 Å².